The number of nitrogens with one attached hydrogen (secondary N) is 3. The predicted octanol–water partition coefficient (Wildman–Crippen LogP) is 12.3. The van der Waals surface area contributed by atoms with Gasteiger partial charge in [0.25, 0.3) is 0 Å². The number of hydrogen-bond acceptors (Lipinski definition) is 7. The SMILES string of the molecule is CCC(C)CCNC(=O)NCc1ccccc1.CCC1CCC(C)O1.CCCCCNCc1cccc(-c2ccc(Cl)cc2)c1.CC[C@@H](C)C=Nc1c(C)ncnc1N. The lowest BCUT2D eigenvalue weighted by Gasteiger charge is -2.10. The number of hydrogen-bond donors (Lipinski definition) is 4. The van der Waals surface area contributed by atoms with Crippen molar-refractivity contribution in [2.24, 2.45) is 16.8 Å². The molecule has 5 N–H and O–H groups in total. The molecule has 10 heteroatoms. The maximum Gasteiger partial charge on any atom is 0.315 e. The number of rotatable bonds is 17. The van der Waals surface area contributed by atoms with Gasteiger partial charge in [0, 0.05) is 30.9 Å². The Kier molecular flexibility index (Phi) is 26.4. The highest BCUT2D eigenvalue weighted by Gasteiger charge is 2.19. The topological polar surface area (TPSA) is 127 Å². The van der Waals surface area contributed by atoms with Crippen molar-refractivity contribution in [3.63, 3.8) is 0 Å². The number of halogens is 1. The van der Waals surface area contributed by atoms with Crippen LogP contribution in [0.2, 0.25) is 5.02 Å². The quantitative estimate of drug-likeness (QED) is 0.0620. The molecule has 2 amide bonds. The van der Waals surface area contributed by atoms with Crippen LogP contribution in [0.5, 0.6) is 0 Å². The molecule has 0 spiro atoms. The average molecular weight is 829 g/mol. The van der Waals surface area contributed by atoms with Crippen molar-refractivity contribution in [2.45, 2.75) is 138 Å². The van der Waals surface area contributed by atoms with Crippen LogP contribution in [0.15, 0.2) is 90.2 Å². The fourth-order valence-corrected chi connectivity index (χ4v) is 5.98. The standard InChI is InChI=1S/C18H22ClN.C14H22N2O.C10H16N4.C7H14O/c1-2-3-4-12-20-14-15-6-5-7-17(13-15)16-8-10-18(19)11-9-16;1-3-12(2)9-10-15-14(17)16-11-13-7-5-4-6-8-13;1-4-7(2)5-12-9-8(3)13-6-14-10(9)11;1-3-7-5-4-6(2)8-7/h5-11,13,20H,2-4,12,14H2,1H3;4-8,12H,3,9-11H2,1-2H3,(H2,15,16,17);5-7H,4H2,1-3H3,(H2,11,13,14);6-7H,3-5H2,1-2H3/t;;7-;/m..1./s1. The van der Waals surface area contributed by atoms with Crippen molar-refractivity contribution in [1.82, 2.24) is 25.9 Å². The lowest BCUT2D eigenvalue weighted by molar-refractivity contribution is 0.0540. The molecule has 0 bridgehead atoms. The number of amides is 2. The highest BCUT2D eigenvalue weighted by atomic mass is 35.5. The number of nitrogen functional groups attached to an aromatic ring is 1. The zero-order valence-corrected chi connectivity index (χ0v) is 38.0. The average Bonchev–Trinajstić information content (AvgIpc) is 3.69. The number of nitrogens with two attached hydrogens (primary N) is 1. The van der Waals surface area contributed by atoms with Crippen LogP contribution >= 0.6 is 11.6 Å². The summed E-state index contributed by atoms with van der Waals surface area (Å²) in [5.74, 6) is 1.57. The lowest BCUT2D eigenvalue weighted by Crippen LogP contribution is -2.35. The molecule has 1 aliphatic heterocycles. The minimum atomic E-state index is -0.0860. The first-order valence-electron chi connectivity index (χ1n) is 21.9. The molecule has 0 saturated carbocycles. The Morgan fingerprint density at radius 1 is 0.881 bits per heavy atom. The van der Waals surface area contributed by atoms with Gasteiger partial charge in [-0.1, -0.05) is 133 Å². The van der Waals surface area contributed by atoms with E-state index >= 15 is 0 Å². The van der Waals surface area contributed by atoms with Crippen molar-refractivity contribution < 1.29 is 9.53 Å². The Hall–Kier alpha value is -4.31. The molecule has 4 atom stereocenters. The van der Waals surface area contributed by atoms with Crippen LogP contribution in [-0.2, 0) is 17.8 Å². The van der Waals surface area contributed by atoms with Crippen molar-refractivity contribution >= 4 is 35.4 Å². The molecule has 5 rings (SSSR count). The second kappa shape index (κ2) is 30.7. The van der Waals surface area contributed by atoms with E-state index in [1.807, 2.05) is 55.6 Å². The number of ether oxygens (including phenoxy) is 1. The fourth-order valence-electron chi connectivity index (χ4n) is 5.85. The summed E-state index contributed by atoms with van der Waals surface area (Å²) in [6.45, 7) is 20.4. The van der Waals surface area contributed by atoms with Gasteiger partial charge in [0.1, 0.15) is 12.0 Å². The Morgan fingerprint density at radius 3 is 2.22 bits per heavy atom. The lowest BCUT2D eigenvalue weighted by atomic mass is 10.0. The van der Waals surface area contributed by atoms with E-state index in [2.05, 4.69) is 116 Å². The first-order chi connectivity index (χ1) is 28.5. The number of anilines is 1. The third kappa shape index (κ3) is 22.6. The molecule has 1 aliphatic rings. The Morgan fingerprint density at radius 2 is 1.61 bits per heavy atom. The molecule has 1 saturated heterocycles. The van der Waals surface area contributed by atoms with Crippen LogP contribution in [0.25, 0.3) is 11.1 Å². The van der Waals surface area contributed by atoms with Crippen LogP contribution in [0.3, 0.4) is 0 Å². The monoisotopic (exact) mass is 828 g/mol. The zero-order valence-electron chi connectivity index (χ0n) is 37.3. The fraction of sp³-hybridized carbons (Fsp3) is 0.510. The van der Waals surface area contributed by atoms with Gasteiger partial charge in [-0.15, -0.1) is 0 Å². The number of urea groups is 1. The van der Waals surface area contributed by atoms with Gasteiger partial charge < -0.3 is 26.4 Å². The molecule has 3 aromatic carbocycles. The summed E-state index contributed by atoms with van der Waals surface area (Å²) in [6.07, 6.45) is 15.3. The Balaban J connectivity index is 0.000000282. The summed E-state index contributed by atoms with van der Waals surface area (Å²) >= 11 is 5.93. The second-order valence-corrected chi connectivity index (χ2v) is 15.8. The van der Waals surface area contributed by atoms with E-state index in [1.165, 1.54) is 61.5 Å². The summed E-state index contributed by atoms with van der Waals surface area (Å²) < 4.78 is 5.51. The number of aromatic nitrogens is 2. The van der Waals surface area contributed by atoms with E-state index in [0.717, 1.165) is 55.2 Å². The van der Waals surface area contributed by atoms with E-state index in [0.29, 0.717) is 42.1 Å². The number of aliphatic imine (C=N–C) groups is 1. The minimum absolute atomic E-state index is 0.0860. The van der Waals surface area contributed by atoms with Gasteiger partial charge in [-0.2, -0.15) is 0 Å². The van der Waals surface area contributed by atoms with E-state index < -0.39 is 0 Å². The molecular formula is C49H74ClN7O2. The van der Waals surface area contributed by atoms with Gasteiger partial charge >= 0.3 is 6.03 Å². The van der Waals surface area contributed by atoms with Crippen LogP contribution in [0.4, 0.5) is 16.3 Å². The predicted molar refractivity (Wildman–Crippen MR) is 252 cm³/mol. The van der Waals surface area contributed by atoms with Crippen LogP contribution in [-0.4, -0.2) is 47.5 Å². The Bertz CT molecular complexity index is 1700. The van der Waals surface area contributed by atoms with Crippen molar-refractivity contribution in [3.05, 3.63) is 107 Å². The largest absolute Gasteiger partial charge is 0.382 e. The normalized spacial score (nSPS) is 15.4. The van der Waals surface area contributed by atoms with Crippen molar-refractivity contribution in [2.75, 3.05) is 18.8 Å². The highest BCUT2D eigenvalue weighted by molar-refractivity contribution is 6.30. The highest BCUT2D eigenvalue weighted by Crippen LogP contribution is 2.23. The maximum atomic E-state index is 11.5. The molecule has 1 aromatic heterocycles. The van der Waals surface area contributed by atoms with Crippen LogP contribution in [0, 0.1) is 18.8 Å². The number of carbonyl (C=O) groups is 1. The van der Waals surface area contributed by atoms with Crippen LogP contribution in [0.1, 0.15) is 123 Å². The number of aryl methyl sites for hydroxylation is 1. The van der Waals surface area contributed by atoms with Gasteiger partial charge in [0.05, 0.1) is 17.9 Å². The maximum absolute atomic E-state index is 11.5. The number of carbonyl (C=O) groups excluding carboxylic acids is 1. The van der Waals surface area contributed by atoms with E-state index in [1.54, 1.807) is 0 Å². The molecule has 9 nitrogen and oxygen atoms in total. The molecule has 1 fully saturated rings. The first kappa shape index (κ1) is 50.8. The summed E-state index contributed by atoms with van der Waals surface area (Å²) in [5, 5.41) is 9.99. The molecule has 0 aliphatic carbocycles. The summed E-state index contributed by atoms with van der Waals surface area (Å²) in [4.78, 5) is 23.7. The molecule has 0 radical (unpaired) electrons. The summed E-state index contributed by atoms with van der Waals surface area (Å²) in [6, 6.07) is 26.5. The first-order valence-corrected chi connectivity index (χ1v) is 22.2. The molecular weight excluding hydrogens is 754 g/mol. The van der Waals surface area contributed by atoms with Gasteiger partial charge in [0.2, 0.25) is 0 Å². The third-order valence-corrected chi connectivity index (χ3v) is 10.5. The van der Waals surface area contributed by atoms with Gasteiger partial charge in [-0.25, -0.2) is 14.8 Å². The minimum Gasteiger partial charge on any atom is -0.382 e. The summed E-state index contributed by atoms with van der Waals surface area (Å²) in [7, 11) is 0. The smallest absolute Gasteiger partial charge is 0.315 e. The second-order valence-electron chi connectivity index (χ2n) is 15.4. The molecule has 4 aromatic rings. The molecule has 324 valence electrons. The molecule has 3 unspecified atom stereocenters. The van der Waals surface area contributed by atoms with Crippen molar-refractivity contribution in [1.29, 1.82) is 0 Å². The number of benzene rings is 3. The van der Waals surface area contributed by atoms with E-state index in [4.69, 9.17) is 22.1 Å². The van der Waals surface area contributed by atoms with Gasteiger partial charge in [0.15, 0.2) is 5.82 Å². The zero-order chi connectivity index (χ0) is 43.3. The van der Waals surface area contributed by atoms with E-state index in [-0.39, 0.29) is 6.03 Å². The number of unbranched alkanes of at least 4 members (excludes halogenated alkanes) is 2. The third-order valence-electron chi connectivity index (χ3n) is 10.2. The van der Waals surface area contributed by atoms with E-state index in [9.17, 15) is 4.79 Å². The summed E-state index contributed by atoms with van der Waals surface area (Å²) in [5.41, 5.74) is 12.1. The Labute approximate surface area is 361 Å². The molecule has 2 heterocycles. The van der Waals surface area contributed by atoms with Gasteiger partial charge in [-0.3, -0.25) is 4.99 Å². The van der Waals surface area contributed by atoms with Crippen molar-refractivity contribution in [3.8, 4) is 11.1 Å². The number of nitrogens with zero attached hydrogens (tertiary/aromatic N) is 3. The van der Waals surface area contributed by atoms with Gasteiger partial charge in [-0.05, 0) is 111 Å². The molecule has 59 heavy (non-hydrogen) atoms. The van der Waals surface area contributed by atoms with Crippen LogP contribution < -0.4 is 21.7 Å².